The third-order valence-corrected chi connectivity index (χ3v) is 7.61. The van der Waals surface area contributed by atoms with Crippen LogP contribution in [0.25, 0.3) is 10.2 Å². The number of carbonyl (C=O) groups is 1. The van der Waals surface area contributed by atoms with Crippen molar-refractivity contribution >= 4 is 44.4 Å². The number of hydrogen-bond donors (Lipinski definition) is 0. The van der Waals surface area contributed by atoms with Crippen molar-refractivity contribution in [3.8, 4) is 5.75 Å². The number of thioether (sulfide) groups is 1. The van der Waals surface area contributed by atoms with Crippen molar-refractivity contribution in [3.63, 3.8) is 0 Å². The molecule has 1 aliphatic heterocycles. The Bertz CT molecular complexity index is 1050. The summed E-state index contributed by atoms with van der Waals surface area (Å²) >= 11 is 3.27. The van der Waals surface area contributed by atoms with Gasteiger partial charge in [-0.25, -0.2) is 4.98 Å². The summed E-state index contributed by atoms with van der Waals surface area (Å²) in [4.78, 5) is 23.6. The van der Waals surface area contributed by atoms with Crippen LogP contribution in [-0.4, -0.2) is 67.5 Å². The zero-order chi connectivity index (χ0) is 23.0. The Labute approximate surface area is 203 Å². The fourth-order valence-corrected chi connectivity index (χ4v) is 5.59. The molecule has 1 aliphatic rings. The summed E-state index contributed by atoms with van der Waals surface area (Å²) in [6, 6.07) is 14.4. The van der Waals surface area contributed by atoms with E-state index in [0.29, 0.717) is 19.6 Å². The first kappa shape index (κ1) is 24.0. The van der Waals surface area contributed by atoms with E-state index in [2.05, 4.69) is 36.1 Å². The smallest absolute Gasteiger partial charge is 0.229 e. The number of benzene rings is 2. The molecule has 0 bridgehead atoms. The van der Waals surface area contributed by atoms with E-state index in [4.69, 9.17) is 14.5 Å². The topological polar surface area (TPSA) is 54.9 Å². The van der Waals surface area contributed by atoms with Crippen LogP contribution in [0.2, 0.25) is 0 Å². The van der Waals surface area contributed by atoms with E-state index in [-0.39, 0.29) is 5.91 Å². The third-order valence-electron chi connectivity index (χ3n) is 5.55. The Morgan fingerprint density at radius 1 is 1.21 bits per heavy atom. The van der Waals surface area contributed by atoms with Gasteiger partial charge in [-0.1, -0.05) is 35.1 Å². The molecule has 8 heteroatoms. The summed E-state index contributed by atoms with van der Waals surface area (Å²) in [5, 5.41) is 0.746. The summed E-state index contributed by atoms with van der Waals surface area (Å²) in [6.07, 6.45) is 0.468. The van der Waals surface area contributed by atoms with Gasteiger partial charge in [0.05, 0.1) is 24.5 Å². The lowest BCUT2D eigenvalue weighted by Gasteiger charge is -2.29. The highest BCUT2D eigenvalue weighted by molar-refractivity contribution is 7.99. The molecule has 1 saturated heterocycles. The lowest BCUT2D eigenvalue weighted by molar-refractivity contribution is -0.118. The highest BCUT2D eigenvalue weighted by Gasteiger charge is 2.22. The fourth-order valence-electron chi connectivity index (χ4n) is 3.72. The Kier molecular flexibility index (Phi) is 8.61. The number of anilines is 1. The summed E-state index contributed by atoms with van der Waals surface area (Å²) in [6.45, 7) is 9.38. The number of morpholine rings is 1. The van der Waals surface area contributed by atoms with Gasteiger partial charge in [0, 0.05) is 43.2 Å². The standard InChI is InChI=1S/C25H31N3O3S2/c1-3-31-21-5-4-6-22-24(21)26-25(33-22)28(13-12-27-14-16-30-17-15-27)23(29)11-18-32-20-9-7-19(2)8-10-20/h4-10H,3,11-18H2,1-2H3. The van der Waals surface area contributed by atoms with Gasteiger partial charge in [-0.15, -0.1) is 11.8 Å². The normalized spacial score (nSPS) is 14.5. The van der Waals surface area contributed by atoms with Gasteiger partial charge >= 0.3 is 0 Å². The maximum atomic E-state index is 13.4. The number of aryl methyl sites for hydroxylation is 1. The monoisotopic (exact) mass is 485 g/mol. The number of carbonyl (C=O) groups excluding carboxylic acids is 1. The second-order valence-electron chi connectivity index (χ2n) is 7.94. The lowest BCUT2D eigenvalue weighted by atomic mass is 10.2. The van der Waals surface area contributed by atoms with E-state index >= 15 is 0 Å². The maximum Gasteiger partial charge on any atom is 0.229 e. The number of hydrogen-bond acceptors (Lipinski definition) is 7. The zero-order valence-corrected chi connectivity index (χ0v) is 20.9. The van der Waals surface area contributed by atoms with Crippen LogP contribution < -0.4 is 9.64 Å². The van der Waals surface area contributed by atoms with Gasteiger partial charge in [0.2, 0.25) is 5.91 Å². The highest BCUT2D eigenvalue weighted by Crippen LogP contribution is 2.34. The predicted octanol–water partition coefficient (Wildman–Crippen LogP) is 4.85. The molecule has 1 fully saturated rings. The number of fused-ring (bicyclic) bond motifs is 1. The molecule has 0 atom stereocenters. The molecule has 2 aromatic carbocycles. The first-order valence-electron chi connectivity index (χ1n) is 11.5. The van der Waals surface area contributed by atoms with E-state index in [9.17, 15) is 4.79 Å². The highest BCUT2D eigenvalue weighted by atomic mass is 32.2. The van der Waals surface area contributed by atoms with Crippen LogP contribution in [0.5, 0.6) is 5.75 Å². The first-order chi connectivity index (χ1) is 16.1. The van der Waals surface area contributed by atoms with Crippen molar-refractivity contribution in [1.29, 1.82) is 0 Å². The van der Waals surface area contributed by atoms with Gasteiger partial charge in [-0.3, -0.25) is 14.6 Å². The van der Waals surface area contributed by atoms with Gasteiger partial charge in [0.15, 0.2) is 5.13 Å². The van der Waals surface area contributed by atoms with Gasteiger partial charge in [-0.2, -0.15) is 0 Å². The van der Waals surface area contributed by atoms with Crippen molar-refractivity contribution in [2.45, 2.75) is 25.2 Å². The van der Waals surface area contributed by atoms with Gasteiger partial charge in [0.1, 0.15) is 11.3 Å². The molecule has 33 heavy (non-hydrogen) atoms. The molecule has 176 valence electrons. The Morgan fingerprint density at radius 3 is 2.76 bits per heavy atom. The van der Waals surface area contributed by atoms with Crippen LogP contribution in [0, 0.1) is 6.92 Å². The average molecular weight is 486 g/mol. The molecule has 0 N–H and O–H groups in total. The minimum atomic E-state index is 0.111. The molecule has 0 aliphatic carbocycles. The fraction of sp³-hybridized carbons (Fsp3) is 0.440. The molecule has 0 spiro atoms. The second kappa shape index (κ2) is 11.8. The van der Waals surface area contributed by atoms with E-state index in [0.717, 1.165) is 59.7 Å². The number of nitrogens with zero attached hydrogens (tertiary/aromatic N) is 3. The Balaban J connectivity index is 1.48. The summed E-state index contributed by atoms with van der Waals surface area (Å²) in [7, 11) is 0. The van der Waals surface area contributed by atoms with Crippen LogP contribution in [0.3, 0.4) is 0 Å². The number of ether oxygens (including phenoxy) is 2. The molecular formula is C25H31N3O3S2. The lowest BCUT2D eigenvalue weighted by Crippen LogP contribution is -2.43. The third kappa shape index (κ3) is 6.47. The number of para-hydroxylation sites is 1. The molecule has 1 aromatic heterocycles. The van der Waals surface area contributed by atoms with Crippen LogP contribution >= 0.6 is 23.1 Å². The molecule has 3 aromatic rings. The molecule has 6 nitrogen and oxygen atoms in total. The van der Waals surface area contributed by atoms with Gasteiger partial charge in [-0.05, 0) is 38.1 Å². The molecule has 0 unspecified atom stereocenters. The van der Waals surface area contributed by atoms with E-state index in [1.807, 2.05) is 30.0 Å². The van der Waals surface area contributed by atoms with Crippen LogP contribution in [0.15, 0.2) is 47.4 Å². The summed E-state index contributed by atoms with van der Waals surface area (Å²) in [5.41, 5.74) is 2.07. The van der Waals surface area contributed by atoms with Crippen LogP contribution in [-0.2, 0) is 9.53 Å². The van der Waals surface area contributed by atoms with Gasteiger partial charge in [0.25, 0.3) is 0 Å². The maximum absolute atomic E-state index is 13.4. The van der Waals surface area contributed by atoms with Crippen molar-refractivity contribution in [3.05, 3.63) is 48.0 Å². The SMILES string of the molecule is CCOc1cccc2sc(N(CCN3CCOCC3)C(=O)CCSc3ccc(C)cc3)nc12. The number of amides is 1. The zero-order valence-electron chi connectivity index (χ0n) is 19.3. The van der Waals surface area contributed by atoms with E-state index in [1.54, 1.807) is 23.1 Å². The van der Waals surface area contributed by atoms with E-state index < -0.39 is 0 Å². The molecule has 4 rings (SSSR count). The largest absolute Gasteiger partial charge is 0.492 e. The van der Waals surface area contributed by atoms with Crippen molar-refractivity contribution < 1.29 is 14.3 Å². The average Bonchev–Trinajstić information content (AvgIpc) is 3.26. The minimum absolute atomic E-state index is 0.111. The summed E-state index contributed by atoms with van der Waals surface area (Å²) < 4.78 is 12.3. The van der Waals surface area contributed by atoms with E-state index in [1.165, 1.54) is 10.5 Å². The molecular weight excluding hydrogens is 454 g/mol. The molecule has 0 saturated carbocycles. The number of rotatable bonds is 10. The number of aromatic nitrogens is 1. The first-order valence-corrected chi connectivity index (χ1v) is 13.3. The number of thiazole rings is 1. The Morgan fingerprint density at radius 2 is 2.00 bits per heavy atom. The van der Waals surface area contributed by atoms with Crippen LogP contribution in [0.1, 0.15) is 18.9 Å². The van der Waals surface area contributed by atoms with Gasteiger partial charge < -0.3 is 9.47 Å². The minimum Gasteiger partial charge on any atom is -0.492 e. The predicted molar refractivity (Wildman–Crippen MR) is 137 cm³/mol. The Hall–Kier alpha value is -2.13. The van der Waals surface area contributed by atoms with Crippen molar-refractivity contribution in [2.75, 3.05) is 56.7 Å². The van der Waals surface area contributed by atoms with Crippen molar-refractivity contribution in [2.24, 2.45) is 0 Å². The molecule has 1 amide bonds. The quantitative estimate of drug-likeness (QED) is 0.383. The van der Waals surface area contributed by atoms with Crippen molar-refractivity contribution in [1.82, 2.24) is 9.88 Å². The molecule has 0 radical (unpaired) electrons. The summed E-state index contributed by atoms with van der Waals surface area (Å²) in [5.74, 6) is 1.62. The second-order valence-corrected chi connectivity index (χ2v) is 10.1. The van der Waals surface area contributed by atoms with Crippen LogP contribution in [0.4, 0.5) is 5.13 Å². The molecule has 2 heterocycles.